The minimum absolute atomic E-state index is 0.227. The first-order chi connectivity index (χ1) is 12.7. The van der Waals surface area contributed by atoms with E-state index < -0.39 is 0 Å². The standard InChI is InChI=1S/C20H26N4O2/c1-26-17-10-8-15(9-11-17)14-21-20(25)18-12-13-19(24-23-18)22-16-6-4-2-3-5-7-16/h8-13,16H,2-7,14H2,1H3,(H,21,25)(H,22,24). The average molecular weight is 354 g/mol. The number of anilines is 1. The van der Waals surface area contributed by atoms with E-state index in [2.05, 4.69) is 20.8 Å². The van der Waals surface area contributed by atoms with Gasteiger partial charge in [0.05, 0.1) is 7.11 Å². The molecule has 1 fully saturated rings. The van der Waals surface area contributed by atoms with Crippen LogP contribution < -0.4 is 15.4 Å². The molecule has 0 atom stereocenters. The molecule has 6 heteroatoms. The molecule has 0 unspecified atom stereocenters. The van der Waals surface area contributed by atoms with Crippen molar-refractivity contribution >= 4 is 11.7 Å². The molecular formula is C20H26N4O2. The van der Waals surface area contributed by atoms with Gasteiger partial charge in [-0.05, 0) is 42.7 Å². The number of aromatic nitrogens is 2. The van der Waals surface area contributed by atoms with Gasteiger partial charge in [0.2, 0.25) is 0 Å². The predicted octanol–water partition coefficient (Wildman–Crippen LogP) is 3.55. The molecule has 1 amide bonds. The number of benzene rings is 1. The zero-order valence-electron chi connectivity index (χ0n) is 15.2. The van der Waals surface area contributed by atoms with Gasteiger partial charge in [-0.1, -0.05) is 37.8 Å². The Labute approximate surface area is 154 Å². The van der Waals surface area contributed by atoms with Crippen LogP contribution in [-0.4, -0.2) is 29.3 Å². The molecular weight excluding hydrogens is 328 g/mol. The minimum Gasteiger partial charge on any atom is -0.497 e. The third-order valence-corrected chi connectivity index (χ3v) is 4.72. The van der Waals surface area contributed by atoms with E-state index in [9.17, 15) is 4.79 Å². The van der Waals surface area contributed by atoms with Gasteiger partial charge in [-0.25, -0.2) is 0 Å². The Hall–Kier alpha value is -2.63. The summed E-state index contributed by atoms with van der Waals surface area (Å²) in [4.78, 5) is 12.2. The van der Waals surface area contributed by atoms with Crippen molar-refractivity contribution in [2.24, 2.45) is 0 Å². The molecule has 1 aliphatic carbocycles. The summed E-state index contributed by atoms with van der Waals surface area (Å²) in [6.07, 6.45) is 7.50. The fourth-order valence-corrected chi connectivity index (χ4v) is 3.18. The van der Waals surface area contributed by atoms with Crippen LogP contribution in [0.1, 0.15) is 54.6 Å². The fourth-order valence-electron chi connectivity index (χ4n) is 3.18. The van der Waals surface area contributed by atoms with E-state index in [1.807, 2.05) is 30.3 Å². The lowest BCUT2D eigenvalue weighted by Gasteiger charge is -2.16. The van der Waals surface area contributed by atoms with Crippen LogP contribution in [0.2, 0.25) is 0 Å². The van der Waals surface area contributed by atoms with Crippen molar-refractivity contribution in [3.63, 3.8) is 0 Å². The van der Waals surface area contributed by atoms with Crippen molar-refractivity contribution in [3.8, 4) is 5.75 Å². The molecule has 1 heterocycles. The molecule has 0 saturated heterocycles. The second-order valence-corrected chi connectivity index (χ2v) is 6.67. The van der Waals surface area contributed by atoms with Crippen LogP contribution in [-0.2, 0) is 6.54 Å². The number of hydrogen-bond donors (Lipinski definition) is 2. The number of carbonyl (C=O) groups excluding carboxylic acids is 1. The van der Waals surface area contributed by atoms with E-state index in [0.29, 0.717) is 18.3 Å². The van der Waals surface area contributed by atoms with Gasteiger partial charge in [-0.15, -0.1) is 10.2 Å². The second kappa shape index (κ2) is 9.17. The molecule has 0 radical (unpaired) electrons. The molecule has 1 aromatic carbocycles. The molecule has 0 aliphatic heterocycles. The van der Waals surface area contributed by atoms with Gasteiger partial charge in [0.1, 0.15) is 11.6 Å². The average Bonchev–Trinajstić information content (AvgIpc) is 2.96. The number of nitrogens with zero attached hydrogens (tertiary/aromatic N) is 2. The third-order valence-electron chi connectivity index (χ3n) is 4.72. The zero-order chi connectivity index (χ0) is 18.2. The quantitative estimate of drug-likeness (QED) is 0.776. The van der Waals surface area contributed by atoms with Crippen LogP contribution >= 0.6 is 0 Å². The molecule has 138 valence electrons. The lowest BCUT2D eigenvalue weighted by atomic mass is 10.1. The number of nitrogens with one attached hydrogen (secondary N) is 2. The molecule has 1 aromatic heterocycles. The predicted molar refractivity (Wildman–Crippen MR) is 101 cm³/mol. The topological polar surface area (TPSA) is 76.1 Å². The SMILES string of the molecule is COc1ccc(CNC(=O)c2ccc(NC3CCCCCC3)nn2)cc1. The molecule has 1 saturated carbocycles. The Balaban J connectivity index is 1.51. The fraction of sp³-hybridized carbons (Fsp3) is 0.450. The Morgan fingerprint density at radius 3 is 2.38 bits per heavy atom. The van der Waals surface area contributed by atoms with Crippen LogP contribution in [0.4, 0.5) is 5.82 Å². The van der Waals surface area contributed by atoms with Crippen molar-refractivity contribution in [1.29, 1.82) is 0 Å². The summed E-state index contributed by atoms with van der Waals surface area (Å²) in [5, 5.41) is 14.5. The highest BCUT2D eigenvalue weighted by Gasteiger charge is 2.13. The first-order valence-corrected chi connectivity index (χ1v) is 9.26. The van der Waals surface area contributed by atoms with E-state index in [4.69, 9.17) is 4.74 Å². The van der Waals surface area contributed by atoms with Gasteiger partial charge in [0.25, 0.3) is 5.91 Å². The van der Waals surface area contributed by atoms with E-state index >= 15 is 0 Å². The van der Waals surface area contributed by atoms with Crippen molar-refractivity contribution in [2.75, 3.05) is 12.4 Å². The highest BCUT2D eigenvalue weighted by atomic mass is 16.5. The lowest BCUT2D eigenvalue weighted by Crippen LogP contribution is -2.24. The molecule has 0 spiro atoms. The largest absolute Gasteiger partial charge is 0.497 e. The van der Waals surface area contributed by atoms with Gasteiger partial charge < -0.3 is 15.4 Å². The van der Waals surface area contributed by atoms with E-state index in [0.717, 1.165) is 17.1 Å². The maximum Gasteiger partial charge on any atom is 0.272 e. The number of rotatable bonds is 6. The summed E-state index contributed by atoms with van der Waals surface area (Å²) in [7, 11) is 1.63. The Bertz CT molecular complexity index is 693. The summed E-state index contributed by atoms with van der Waals surface area (Å²) in [6.45, 7) is 0.437. The number of carbonyl (C=O) groups is 1. The van der Waals surface area contributed by atoms with Crippen LogP contribution in [0.3, 0.4) is 0 Å². The van der Waals surface area contributed by atoms with E-state index in [1.165, 1.54) is 38.5 Å². The minimum atomic E-state index is -0.227. The summed E-state index contributed by atoms with van der Waals surface area (Å²) >= 11 is 0. The van der Waals surface area contributed by atoms with Crippen LogP contribution in [0.15, 0.2) is 36.4 Å². The van der Waals surface area contributed by atoms with Crippen LogP contribution in [0.5, 0.6) is 5.75 Å². The Kier molecular flexibility index (Phi) is 6.41. The first-order valence-electron chi connectivity index (χ1n) is 9.26. The molecule has 3 rings (SSSR count). The van der Waals surface area contributed by atoms with E-state index in [1.54, 1.807) is 13.2 Å². The number of hydrogen-bond acceptors (Lipinski definition) is 5. The van der Waals surface area contributed by atoms with Gasteiger partial charge >= 0.3 is 0 Å². The molecule has 2 N–H and O–H groups in total. The monoisotopic (exact) mass is 354 g/mol. The summed E-state index contributed by atoms with van der Waals surface area (Å²) < 4.78 is 5.13. The van der Waals surface area contributed by atoms with Crippen LogP contribution in [0.25, 0.3) is 0 Å². The maximum absolute atomic E-state index is 12.2. The number of ether oxygens (including phenoxy) is 1. The van der Waals surface area contributed by atoms with Crippen molar-refractivity contribution in [1.82, 2.24) is 15.5 Å². The molecule has 26 heavy (non-hydrogen) atoms. The third kappa shape index (κ3) is 5.18. The van der Waals surface area contributed by atoms with Crippen molar-refractivity contribution < 1.29 is 9.53 Å². The van der Waals surface area contributed by atoms with Crippen molar-refractivity contribution in [2.45, 2.75) is 51.1 Å². The smallest absolute Gasteiger partial charge is 0.272 e. The summed E-state index contributed by atoms with van der Waals surface area (Å²) in [5.74, 6) is 1.31. The summed E-state index contributed by atoms with van der Waals surface area (Å²) in [6, 6.07) is 11.6. The Morgan fingerprint density at radius 1 is 1.04 bits per heavy atom. The Morgan fingerprint density at radius 2 is 1.77 bits per heavy atom. The highest BCUT2D eigenvalue weighted by molar-refractivity contribution is 5.92. The molecule has 6 nitrogen and oxygen atoms in total. The normalized spacial score (nSPS) is 15.1. The van der Waals surface area contributed by atoms with Gasteiger partial charge in [-0.2, -0.15) is 0 Å². The molecule has 1 aliphatic rings. The second-order valence-electron chi connectivity index (χ2n) is 6.67. The number of methoxy groups -OCH3 is 1. The lowest BCUT2D eigenvalue weighted by molar-refractivity contribution is 0.0945. The number of amides is 1. The summed E-state index contributed by atoms with van der Waals surface area (Å²) in [5.41, 5.74) is 1.32. The van der Waals surface area contributed by atoms with Gasteiger partial charge in [0, 0.05) is 12.6 Å². The van der Waals surface area contributed by atoms with Gasteiger partial charge in [0.15, 0.2) is 5.69 Å². The highest BCUT2D eigenvalue weighted by Crippen LogP contribution is 2.20. The van der Waals surface area contributed by atoms with Crippen molar-refractivity contribution in [3.05, 3.63) is 47.7 Å². The maximum atomic E-state index is 12.2. The zero-order valence-corrected chi connectivity index (χ0v) is 15.2. The van der Waals surface area contributed by atoms with Gasteiger partial charge in [-0.3, -0.25) is 4.79 Å². The molecule has 2 aromatic rings. The van der Waals surface area contributed by atoms with Crippen LogP contribution in [0, 0.1) is 0 Å². The first kappa shape index (κ1) is 18.2. The van der Waals surface area contributed by atoms with E-state index in [-0.39, 0.29) is 5.91 Å². The molecule has 0 bridgehead atoms.